The molecule has 1 N–H and O–H groups in total. The number of hydrogen-bond donors (Lipinski definition) is 1. The summed E-state index contributed by atoms with van der Waals surface area (Å²) in [5, 5.41) is 3.35. The molecule has 2 aliphatic rings. The molecule has 4 rings (SSSR count). The van der Waals surface area contributed by atoms with E-state index in [4.69, 9.17) is 9.47 Å². The van der Waals surface area contributed by atoms with Crippen molar-refractivity contribution in [1.29, 1.82) is 0 Å². The third-order valence-corrected chi connectivity index (χ3v) is 4.98. The summed E-state index contributed by atoms with van der Waals surface area (Å²) in [6.07, 6.45) is 6.09. The fourth-order valence-electron chi connectivity index (χ4n) is 3.70. The molecule has 4 heteroatoms. The Labute approximate surface area is 153 Å². The van der Waals surface area contributed by atoms with Crippen LogP contribution in [-0.4, -0.2) is 19.0 Å². The van der Waals surface area contributed by atoms with Crippen LogP contribution in [0.2, 0.25) is 0 Å². The smallest absolute Gasteiger partial charge is 0.163 e. The van der Waals surface area contributed by atoms with Crippen LogP contribution < -0.4 is 14.8 Å². The van der Waals surface area contributed by atoms with E-state index in [9.17, 15) is 4.79 Å². The molecule has 0 heterocycles. The number of rotatable bonds is 5. The third kappa shape index (κ3) is 3.59. The molecule has 0 aliphatic heterocycles. The lowest BCUT2D eigenvalue weighted by molar-refractivity contribution is -0.115. The average molecular weight is 349 g/mol. The number of hydrogen-bond acceptors (Lipinski definition) is 4. The first-order valence-corrected chi connectivity index (χ1v) is 9.13. The zero-order valence-electron chi connectivity index (χ0n) is 15.0. The topological polar surface area (TPSA) is 47.6 Å². The zero-order chi connectivity index (χ0) is 17.9. The number of benzene rings is 2. The van der Waals surface area contributed by atoms with E-state index >= 15 is 0 Å². The Balaban J connectivity index is 1.51. The molecule has 0 fully saturated rings. The van der Waals surface area contributed by atoms with Gasteiger partial charge in [0, 0.05) is 42.8 Å². The third-order valence-electron chi connectivity index (χ3n) is 4.98. The van der Waals surface area contributed by atoms with Crippen LogP contribution in [0.1, 0.15) is 30.4 Å². The van der Waals surface area contributed by atoms with Gasteiger partial charge in [0.25, 0.3) is 0 Å². The number of ether oxygens (including phenoxy) is 2. The lowest BCUT2D eigenvalue weighted by Crippen LogP contribution is -2.17. The second-order valence-electron chi connectivity index (χ2n) is 6.90. The minimum Gasteiger partial charge on any atom is -0.493 e. The maximum atomic E-state index is 11.6. The summed E-state index contributed by atoms with van der Waals surface area (Å²) in [4.78, 5) is 11.6. The maximum Gasteiger partial charge on any atom is 0.163 e. The van der Waals surface area contributed by atoms with Crippen molar-refractivity contribution < 1.29 is 14.3 Å². The van der Waals surface area contributed by atoms with Crippen molar-refractivity contribution in [1.82, 2.24) is 0 Å². The summed E-state index contributed by atoms with van der Waals surface area (Å²) in [7, 11) is 1.65. The summed E-state index contributed by atoms with van der Waals surface area (Å²) < 4.78 is 11.8. The molecule has 0 saturated carbocycles. The number of carbonyl (C=O) groups excluding carboxylic acids is 1. The van der Waals surface area contributed by atoms with Gasteiger partial charge in [0.15, 0.2) is 17.3 Å². The summed E-state index contributed by atoms with van der Waals surface area (Å²) in [5.74, 6) is 1.64. The predicted molar refractivity (Wildman–Crippen MR) is 102 cm³/mol. The Kier molecular flexibility index (Phi) is 4.65. The molecule has 2 aromatic rings. The van der Waals surface area contributed by atoms with E-state index in [1.807, 2.05) is 18.2 Å². The van der Waals surface area contributed by atoms with Gasteiger partial charge >= 0.3 is 0 Å². The lowest BCUT2D eigenvalue weighted by atomic mass is 10.0. The highest BCUT2D eigenvalue weighted by atomic mass is 16.5. The van der Waals surface area contributed by atoms with Crippen LogP contribution in [0.5, 0.6) is 11.5 Å². The molecule has 2 aromatic carbocycles. The van der Waals surface area contributed by atoms with Crippen LogP contribution in [0.3, 0.4) is 0 Å². The van der Waals surface area contributed by atoms with Gasteiger partial charge in [0.2, 0.25) is 0 Å². The van der Waals surface area contributed by atoms with E-state index in [-0.39, 0.29) is 11.9 Å². The van der Waals surface area contributed by atoms with Crippen molar-refractivity contribution in [2.24, 2.45) is 0 Å². The number of ketones is 1. The molecule has 0 unspecified atom stereocenters. The van der Waals surface area contributed by atoms with E-state index in [1.54, 1.807) is 13.2 Å². The van der Waals surface area contributed by atoms with E-state index in [2.05, 4.69) is 29.6 Å². The molecule has 134 valence electrons. The van der Waals surface area contributed by atoms with Gasteiger partial charge in [0.1, 0.15) is 6.10 Å². The Bertz CT molecular complexity index is 831. The van der Waals surface area contributed by atoms with Crippen LogP contribution in [-0.2, 0) is 17.6 Å². The normalized spacial score (nSPS) is 16.8. The quantitative estimate of drug-likeness (QED) is 0.875. The maximum absolute atomic E-state index is 11.6. The minimum atomic E-state index is 0.118. The van der Waals surface area contributed by atoms with Crippen LogP contribution in [0, 0.1) is 0 Å². The molecule has 0 saturated heterocycles. The molecule has 0 amide bonds. The number of carbonyl (C=O) groups is 1. The molecule has 0 spiro atoms. The molecule has 26 heavy (non-hydrogen) atoms. The van der Waals surface area contributed by atoms with E-state index in [0.717, 1.165) is 48.6 Å². The second kappa shape index (κ2) is 7.24. The number of nitrogens with one attached hydrogen (secondary N) is 1. The Morgan fingerprint density at radius 1 is 1.00 bits per heavy atom. The van der Waals surface area contributed by atoms with Gasteiger partial charge in [0.05, 0.1) is 7.11 Å². The molecule has 0 atom stereocenters. The average Bonchev–Trinajstić information content (AvgIpc) is 3.04. The molecule has 2 aliphatic carbocycles. The number of anilines is 1. The van der Waals surface area contributed by atoms with Crippen molar-refractivity contribution in [2.45, 2.75) is 38.2 Å². The lowest BCUT2D eigenvalue weighted by Gasteiger charge is -2.19. The summed E-state index contributed by atoms with van der Waals surface area (Å²) in [5.41, 5.74) is 4.59. The zero-order valence-corrected chi connectivity index (χ0v) is 15.0. The van der Waals surface area contributed by atoms with Gasteiger partial charge in [-0.1, -0.05) is 24.3 Å². The van der Waals surface area contributed by atoms with Crippen LogP contribution in [0.4, 0.5) is 5.69 Å². The second-order valence-corrected chi connectivity index (χ2v) is 6.90. The molecule has 0 bridgehead atoms. The summed E-state index contributed by atoms with van der Waals surface area (Å²) in [6.45, 7) is 0. The predicted octanol–water partition coefficient (Wildman–Crippen LogP) is 4.29. The van der Waals surface area contributed by atoms with Crippen molar-refractivity contribution in [3.05, 3.63) is 65.4 Å². The van der Waals surface area contributed by atoms with Gasteiger partial charge in [-0.05, 0) is 36.1 Å². The number of fused-ring (bicyclic) bond motifs is 1. The van der Waals surface area contributed by atoms with Gasteiger partial charge in [-0.3, -0.25) is 4.79 Å². The van der Waals surface area contributed by atoms with Crippen molar-refractivity contribution in [3.63, 3.8) is 0 Å². The highest BCUT2D eigenvalue weighted by molar-refractivity contribution is 5.91. The highest BCUT2D eigenvalue weighted by Crippen LogP contribution is 2.34. The number of allylic oxidation sites excluding steroid dienone is 2. The molecule has 0 radical (unpaired) electrons. The van der Waals surface area contributed by atoms with Crippen molar-refractivity contribution in [3.8, 4) is 11.5 Å². The summed E-state index contributed by atoms with van der Waals surface area (Å²) in [6, 6.07) is 14.3. The van der Waals surface area contributed by atoms with Crippen LogP contribution >= 0.6 is 0 Å². The van der Waals surface area contributed by atoms with Crippen molar-refractivity contribution in [2.75, 3.05) is 12.4 Å². The van der Waals surface area contributed by atoms with E-state index < -0.39 is 0 Å². The minimum absolute atomic E-state index is 0.118. The molecule has 4 nitrogen and oxygen atoms in total. The molecular weight excluding hydrogens is 326 g/mol. The monoisotopic (exact) mass is 349 g/mol. The van der Waals surface area contributed by atoms with E-state index in [0.29, 0.717) is 6.42 Å². The first-order chi connectivity index (χ1) is 12.7. The van der Waals surface area contributed by atoms with Gasteiger partial charge in [-0.25, -0.2) is 0 Å². The standard InChI is InChI=1S/C22H23NO3/c1-25-21-10-9-18(23-17-7-4-8-19(24)13-17)14-22(21)26-20-11-15-5-2-3-6-16(15)12-20/h2-3,5-6,9-10,13-14,20,23H,4,7-8,11-12H2,1H3. The fraction of sp³-hybridized carbons (Fsp3) is 0.318. The van der Waals surface area contributed by atoms with Gasteiger partial charge in [-0.15, -0.1) is 0 Å². The van der Waals surface area contributed by atoms with Crippen LogP contribution in [0.15, 0.2) is 54.2 Å². The Morgan fingerprint density at radius 2 is 1.77 bits per heavy atom. The summed E-state index contributed by atoms with van der Waals surface area (Å²) >= 11 is 0. The number of methoxy groups -OCH3 is 1. The molecular formula is C22H23NO3. The Hall–Kier alpha value is -2.75. The SMILES string of the molecule is COc1ccc(NC2=CC(=O)CCC2)cc1OC1Cc2ccccc2C1. The fourth-order valence-corrected chi connectivity index (χ4v) is 3.70. The van der Waals surface area contributed by atoms with E-state index in [1.165, 1.54) is 11.1 Å². The molecule has 0 aromatic heterocycles. The van der Waals surface area contributed by atoms with Gasteiger partial charge < -0.3 is 14.8 Å². The van der Waals surface area contributed by atoms with Gasteiger partial charge in [-0.2, -0.15) is 0 Å². The highest BCUT2D eigenvalue weighted by Gasteiger charge is 2.23. The first-order valence-electron chi connectivity index (χ1n) is 9.13. The first kappa shape index (κ1) is 16.7. The Morgan fingerprint density at radius 3 is 2.46 bits per heavy atom. The van der Waals surface area contributed by atoms with Crippen molar-refractivity contribution >= 4 is 11.5 Å². The van der Waals surface area contributed by atoms with Crippen LogP contribution in [0.25, 0.3) is 0 Å². The largest absolute Gasteiger partial charge is 0.493 e.